The Morgan fingerprint density at radius 1 is 1.26 bits per heavy atom. The summed E-state index contributed by atoms with van der Waals surface area (Å²) in [5.41, 5.74) is 0. The summed E-state index contributed by atoms with van der Waals surface area (Å²) in [6.07, 6.45) is 2.63. The second-order valence-corrected chi connectivity index (χ2v) is 7.65. The molecule has 0 radical (unpaired) electrons. The molecule has 114 valence electrons. The third-order valence-corrected chi connectivity index (χ3v) is 5.52. The van der Waals surface area contributed by atoms with Crippen molar-refractivity contribution in [3.63, 3.8) is 0 Å². The first-order valence-electron chi connectivity index (χ1n) is 8.15. The highest BCUT2D eigenvalue weighted by Crippen LogP contribution is 2.21. The van der Waals surface area contributed by atoms with Crippen molar-refractivity contribution in [1.82, 2.24) is 10.2 Å². The van der Waals surface area contributed by atoms with Crippen LogP contribution in [0.25, 0.3) is 0 Å². The van der Waals surface area contributed by atoms with Gasteiger partial charge in [0.2, 0.25) is 0 Å². The molecule has 1 aliphatic rings. The van der Waals surface area contributed by atoms with Crippen LogP contribution >= 0.6 is 11.8 Å². The Bertz CT molecular complexity index is 233. The van der Waals surface area contributed by atoms with Gasteiger partial charge in [-0.05, 0) is 36.3 Å². The normalized spacial score (nSPS) is 26.8. The maximum atomic E-state index is 3.77. The van der Waals surface area contributed by atoms with Crippen LogP contribution < -0.4 is 5.32 Å². The highest BCUT2D eigenvalue weighted by Gasteiger charge is 2.31. The Hall–Kier alpha value is 0.270. The van der Waals surface area contributed by atoms with Crippen molar-refractivity contribution < 1.29 is 0 Å². The first-order chi connectivity index (χ1) is 9.10. The summed E-state index contributed by atoms with van der Waals surface area (Å²) in [7, 11) is 0. The molecule has 1 rings (SSSR count). The molecule has 1 aliphatic heterocycles. The zero-order valence-electron chi connectivity index (χ0n) is 13.6. The molecule has 2 nitrogen and oxygen atoms in total. The van der Waals surface area contributed by atoms with Crippen molar-refractivity contribution in [2.75, 3.05) is 31.1 Å². The SMILES string of the molecule is CCSCCCN1CC(C(C)C)NCC1C(C)CC. The average molecular weight is 287 g/mol. The fraction of sp³-hybridized carbons (Fsp3) is 1.00. The van der Waals surface area contributed by atoms with Gasteiger partial charge in [0.25, 0.3) is 0 Å². The first-order valence-corrected chi connectivity index (χ1v) is 9.30. The summed E-state index contributed by atoms with van der Waals surface area (Å²) in [6.45, 7) is 15.4. The maximum Gasteiger partial charge on any atom is 0.0246 e. The fourth-order valence-corrected chi connectivity index (χ4v) is 3.53. The number of nitrogens with one attached hydrogen (secondary N) is 1. The van der Waals surface area contributed by atoms with E-state index in [1.165, 1.54) is 44.0 Å². The third-order valence-electron chi connectivity index (χ3n) is 4.53. The number of thioether (sulfide) groups is 1. The summed E-state index contributed by atoms with van der Waals surface area (Å²) in [4.78, 5) is 2.77. The predicted octanol–water partition coefficient (Wildman–Crippen LogP) is 3.47. The van der Waals surface area contributed by atoms with Gasteiger partial charge in [0.1, 0.15) is 0 Å². The van der Waals surface area contributed by atoms with Crippen LogP contribution in [0.5, 0.6) is 0 Å². The van der Waals surface area contributed by atoms with Crippen LogP contribution in [0.3, 0.4) is 0 Å². The third kappa shape index (κ3) is 5.65. The van der Waals surface area contributed by atoms with Crippen LogP contribution in [0.2, 0.25) is 0 Å². The van der Waals surface area contributed by atoms with Gasteiger partial charge in [0.05, 0.1) is 0 Å². The lowest BCUT2D eigenvalue weighted by Crippen LogP contribution is -2.60. The highest BCUT2D eigenvalue weighted by molar-refractivity contribution is 7.99. The van der Waals surface area contributed by atoms with E-state index in [9.17, 15) is 0 Å². The van der Waals surface area contributed by atoms with Gasteiger partial charge in [0, 0.05) is 25.2 Å². The molecule has 1 fully saturated rings. The van der Waals surface area contributed by atoms with Gasteiger partial charge in [-0.3, -0.25) is 4.90 Å². The number of hydrogen-bond acceptors (Lipinski definition) is 3. The van der Waals surface area contributed by atoms with E-state index in [2.05, 4.69) is 56.6 Å². The minimum Gasteiger partial charge on any atom is -0.311 e. The van der Waals surface area contributed by atoms with E-state index in [0.717, 1.165) is 17.9 Å². The lowest BCUT2D eigenvalue weighted by molar-refractivity contribution is 0.0794. The molecule has 3 unspecified atom stereocenters. The lowest BCUT2D eigenvalue weighted by atomic mass is 9.91. The van der Waals surface area contributed by atoms with E-state index in [1.54, 1.807) is 0 Å². The van der Waals surface area contributed by atoms with Gasteiger partial charge in [-0.1, -0.05) is 41.0 Å². The van der Waals surface area contributed by atoms with Crippen LogP contribution in [-0.4, -0.2) is 48.1 Å². The quantitative estimate of drug-likeness (QED) is 0.688. The van der Waals surface area contributed by atoms with Crippen LogP contribution in [0.1, 0.15) is 47.5 Å². The monoisotopic (exact) mass is 286 g/mol. The van der Waals surface area contributed by atoms with Gasteiger partial charge in [0.15, 0.2) is 0 Å². The smallest absolute Gasteiger partial charge is 0.0246 e. The van der Waals surface area contributed by atoms with Gasteiger partial charge < -0.3 is 5.32 Å². The molecule has 1 N–H and O–H groups in total. The van der Waals surface area contributed by atoms with E-state index in [1.807, 2.05) is 0 Å². The Morgan fingerprint density at radius 3 is 2.58 bits per heavy atom. The van der Waals surface area contributed by atoms with Crippen molar-refractivity contribution >= 4 is 11.8 Å². The molecule has 1 heterocycles. The molecule has 0 amide bonds. The van der Waals surface area contributed by atoms with Crippen LogP contribution in [-0.2, 0) is 0 Å². The van der Waals surface area contributed by atoms with Gasteiger partial charge >= 0.3 is 0 Å². The van der Waals surface area contributed by atoms with E-state index in [-0.39, 0.29) is 0 Å². The molecule has 0 bridgehead atoms. The summed E-state index contributed by atoms with van der Waals surface area (Å²) in [5.74, 6) is 4.12. The summed E-state index contributed by atoms with van der Waals surface area (Å²) in [6, 6.07) is 1.42. The molecule has 0 aromatic heterocycles. The summed E-state index contributed by atoms with van der Waals surface area (Å²) < 4.78 is 0. The minimum atomic E-state index is 0.680. The largest absolute Gasteiger partial charge is 0.311 e. The predicted molar refractivity (Wildman–Crippen MR) is 89.1 cm³/mol. The van der Waals surface area contributed by atoms with E-state index >= 15 is 0 Å². The Labute approximate surface area is 125 Å². The number of nitrogens with zero attached hydrogens (tertiary/aromatic N) is 1. The van der Waals surface area contributed by atoms with E-state index in [4.69, 9.17) is 0 Å². The Morgan fingerprint density at radius 2 is 2.00 bits per heavy atom. The van der Waals surface area contributed by atoms with E-state index in [0.29, 0.717) is 6.04 Å². The molecule has 0 aromatic rings. The van der Waals surface area contributed by atoms with Crippen molar-refractivity contribution in [2.24, 2.45) is 11.8 Å². The maximum absolute atomic E-state index is 3.77. The van der Waals surface area contributed by atoms with Gasteiger partial charge in [-0.25, -0.2) is 0 Å². The number of piperazine rings is 1. The zero-order chi connectivity index (χ0) is 14.3. The van der Waals surface area contributed by atoms with Crippen molar-refractivity contribution in [1.29, 1.82) is 0 Å². The molecule has 0 spiro atoms. The standard InChI is InChI=1S/C16H34N2S/c1-6-14(5)16-11-17-15(13(3)4)12-18(16)9-8-10-19-7-2/h13-17H,6-12H2,1-5H3. The molecule has 1 saturated heterocycles. The molecule has 3 atom stereocenters. The number of hydrogen-bond donors (Lipinski definition) is 1. The molecular formula is C16H34N2S. The van der Waals surface area contributed by atoms with E-state index < -0.39 is 0 Å². The van der Waals surface area contributed by atoms with Crippen LogP contribution in [0.15, 0.2) is 0 Å². The fourth-order valence-electron chi connectivity index (χ4n) is 2.90. The van der Waals surface area contributed by atoms with Crippen molar-refractivity contribution in [2.45, 2.75) is 59.5 Å². The molecule has 0 saturated carbocycles. The lowest BCUT2D eigenvalue weighted by Gasteiger charge is -2.44. The second kappa shape index (κ2) is 9.25. The van der Waals surface area contributed by atoms with Crippen molar-refractivity contribution in [3.05, 3.63) is 0 Å². The minimum absolute atomic E-state index is 0.680. The van der Waals surface area contributed by atoms with Crippen LogP contribution in [0.4, 0.5) is 0 Å². The molecule has 0 aromatic carbocycles. The summed E-state index contributed by atoms with van der Waals surface area (Å²) in [5, 5.41) is 3.77. The summed E-state index contributed by atoms with van der Waals surface area (Å²) >= 11 is 2.08. The molecular weight excluding hydrogens is 252 g/mol. The highest BCUT2D eigenvalue weighted by atomic mass is 32.2. The molecule has 0 aliphatic carbocycles. The second-order valence-electron chi connectivity index (χ2n) is 6.26. The zero-order valence-corrected chi connectivity index (χ0v) is 14.4. The molecule has 19 heavy (non-hydrogen) atoms. The van der Waals surface area contributed by atoms with Gasteiger partial charge in [-0.15, -0.1) is 0 Å². The van der Waals surface area contributed by atoms with Gasteiger partial charge in [-0.2, -0.15) is 11.8 Å². The van der Waals surface area contributed by atoms with Crippen LogP contribution in [0, 0.1) is 11.8 Å². The van der Waals surface area contributed by atoms with Crippen molar-refractivity contribution in [3.8, 4) is 0 Å². The number of rotatable bonds is 8. The first kappa shape index (κ1) is 17.3. The topological polar surface area (TPSA) is 15.3 Å². The molecule has 3 heteroatoms. The Balaban J connectivity index is 2.50. The average Bonchev–Trinajstić information content (AvgIpc) is 2.42. The Kier molecular flexibility index (Phi) is 8.43.